The minimum atomic E-state index is -2.02. The number of fused-ring (bicyclic) bond motifs is 1. The molecule has 1 unspecified atom stereocenters. The van der Waals surface area contributed by atoms with Gasteiger partial charge >= 0.3 is 5.97 Å². The third kappa shape index (κ3) is 3.23. The van der Waals surface area contributed by atoms with Crippen LogP contribution in [0.5, 0.6) is 5.75 Å². The van der Waals surface area contributed by atoms with Crippen LogP contribution in [0.2, 0.25) is 5.02 Å². The molecule has 4 nitrogen and oxygen atoms in total. The first-order chi connectivity index (χ1) is 12.8. The molecule has 1 heterocycles. The number of halogens is 4. The predicted octanol–water partition coefficient (Wildman–Crippen LogP) is 5.03. The van der Waals surface area contributed by atoms with Gasteiger partial charge in [-0.2, -0.15) is 0 Å². The Hall–Kier alpha value is -2.67. The zero-order valence-electron chi connectivity index (χ0n) is 14.4. The molecule has 0 aliphatic rings. The number of nitrogens with zero attached hydrogens (tertiary/aromatic N) is 1. The summed E-state index contributed by atoms with van der Waals surface area (Å²) in [7, 11) is 1.09. The molecular formula is C19H15ClF3NO3. The number of carboxylic acid groups (broad SMARTS) is 1. The van der Waals surface area contributed by atoms with Gasteiger partial charge in [0.25, 0.3) is 0 Å². The van der Waals surface area contributed by atoms with Gasteiger partial charge < -0.3 is 14.4 Å². The monoisotopic (exact) mass is 397 g/mol. The first-order valence-electron chi connectivity index (χ1n) is 7.93. The van der Waals surface area contributed by atoms with Crippen molar-refractivity contribution in [1.29, 1.82) is 0 Å². The molecule has 2 aromatic carbocycles. The van der Waals surface area contributed by atoms with Crippen LogP contribution in [-0.4, -0.2) is 22.8 Å². The van der Waals surface area contributed by atoms with Crippen molar-refractivity contribution in [1.82, 2.24) is 4.57 Å². The van der Waals surface area contributed by atoms with E-state index < -0.39 is 35.2 Å². The highest BCUT2D eigenvalue weighted by molar-refractivity contribution is 6.31. The number of methoxy groups -OCH3 is 1. The summed E-state index contributed by atoms with van der Waals surface area (Å²) in [5.74, 6) is -3.88. The van der Waals surface area contributed by atoms with Gasteiger partial charge in [0.05, 0.1) is 19.0 Å². The molecular weight excluding hydrogens is 383 g/mol. The Balaban J connectivity index is 2.26. The number of benzene rings is 2. The number of ether oxygens (including phenoxy) is 1. The number of hydrogen-bond donors (Lipinski definition) is 1. The normalized spacial score (nSPS) is 12.4. The molecule has 0 amide bonds. The van der Waals surface area contributed by atoms with Crippen molar-refractivity contribution in [2.75, 3.05) is 7.11 Å². The van der Waals surface area contributed by atoms with Crippen molar-refractivity contribution in [2.24, 2.45) is 0 Å². The van der Waals surface area contributed by atoms with Gasteiger partial charge in [0.2, 0.25) is 6.30 Å². The third-order valence-electron chi connectivity index (χ3n) is 4.44. The van der Waals surface area contributed by atoms with E-state index in [-0.39, 0.29) is 6.42 Å². The van der Waals surface area contributed by atoms with Crippen molar-refractivity contribution < 1.29 is 27.8 Å². The van der Waals surface area contributed by atoms with Crippen LogP contribution >= 0.6 is 11.6 Å². The second-order valence-electron chi connectivity index (χ2n) is 5.99. The Bertz CT molecular complexity index is 1050. The van der Waals surface area contributed by atoms with E-state index in [4.69, 9.17) is 11.6 Å². The van der Waals surface area contributed by atoms with Crippen LogP contribution in [0.3, 0.4) is 0 Å². The number of rotatable bonds is 5. The molecule has 0 aliphatic heterocycles. The van der Waals surface area contributed by atoms with Gasteiger partial charge in [-0.05, 0) is 42.8 Å². The highest BCUT2D eigenvalue weighted by Gasteiger charge is 2.27. The van der Waals surface area contributed by atoms with E-state index in [0.29, 0.717) is 27.2 Å². The Labute approximate surface area is 157 Å². The fourth-order valence-electron chi connectivity index (χ4n) is 3.21. The predicted molar refractivity (Wildman–Crippen MR) is 95.2 cm³/mol. The van der Waals surface area contributed by atoms with Gasteiger partial charge in [0, 0.05) is 21.7 Å². The lowest BCUT2D eigenvalue weighted by Gasteiger charge is -2.17. The lowest BCUT2D eigenvalue weighted by molar-refractivity contribution is -0.136. The standard InChI is InChI=1S/C19H15ClF3NO3/c1-9-12(8-16(25)26)13-7-10(20)3-6-15(13)24(9)19(23)11-4-5-14(21)18(27-2)17(11)22/h3-7,19H,8H2,1-2H3,(H,25,26). The topological polar surface area (TPSA) is 51.5 Å². The van der Waals surface area contributed by atoms with Crippen LogP contribution in [0.15, 0.2) is 30.3 Å². The summed E-state index contributed by atoms with van der Waals surface area (Å²) in [6.45, 7) is 1.54. The summed E-state index contributed by atoms with van der Waals surface area (Å²) in [5.41, 5.74) is 0.607. The number of hydrogen-bond acceptors (Lipinski definition) is 2. The second kappa shape index (κ2) is 7.15. The van der Waals surface area contributed by atoms with E-state index in [9.17, 15) is 18.7 Å². The average Bonchev–Trinajstić information content (AvgIpc) is 2.86. The van der Waals surface area contributed by atoms with E-state index in [0.717, 1.165) is 19.2 Å². The summed E-state index contributed by atoms with van der Waals surface area (Å²) < 4.78 is 49.4. The molecule has 0 bridgehead atoms. The van der Waals surface area contributed by atoms with E-state index >= 15 is 4.39 Å². The first-order valence-corrected chi connectivity index (χ1v) is 8.30. The minimum absolute atomic E-state index is 0.310. The second-order valence-corrected chi connectivity index (χ2v) is 6.42. The van der Waals surface area contributed by atoms with Gasteiger partial charge in [0.1, 0.15) is 0 Å². The molecule has 0 radical (unpaired) electrons. The maximum Gasteiger partial charge on any atom is 0.307 e. The molecule has 1 N–H and O–H groups in total. The molecule has 27 heavy (non-hydrogen) atoms. The Kier molecular flexibility index (Phi) is 5.06. The Morgan fingerprint density at radius 2 is 2.00 bits per heavy atom. The van der Waals surface area contributed by atoms with Crippen LogP contribution < -0.4 is 4.74 Å². The molecule has 3 aromatic rings. The quantitative estimate of drug-likeness (QED) is 0.656. The summed E-state index contributed by atoms with van der Waals surface area (Å²) in [4.78, 5) is 11.2. The number of aliphatic carboxylic acids is 1. The maximum atomic E-state index is 15.4. The van der Waals surface area contributed by atoms with Crippen LogP contribution in [-0.2, 0) is 11.2 Å². The SMILES string of the molecule is COc1c(F)ccc(C(F)n2c(C)c(CC(=O)O)c3cc(Cl)ccc32)c1F. The Morgan fingerprint density at radius 1 is 1.30 bits per heavy atom. The molecule has 142 valence electrons. The number of aromatic nitrogens is 1. The number of carboxylic acids is 1. The average molecular weight is 398 g/mol. The van der Waals surface area contributed by atoms with Crippen molar-refractivity contribution in [3.8, 4) is 5.75 Å². The van der Waals surface area contributed by atoms with E-state index in [1.54, 1.807) is 0 Å². The van der Waals surface area contributed by atoms with Crippen molar-refractivity contribution >= 4 is 28.5 Å². The van der Waals surface area contributed by atoms with Crippen LogP contribution in [0, 0.1) is 18.6 Å². The van der Waals surface area contributed by atoms with Crippen LogP contribution in [0.4, 0.5) is 13.2 Å². The van der Waals surface area contributed by atoms with E-state index in [1.807, 2.05) is 0 Å². The summed E-state index contributed by atoms with van der Waals surface area (Å²) >= 11 is 6.00. The highest BCUT2D eigenvalue weighted by atomic mass is 35.5. The zero-order valence-corrected chi connectivity index (χ0v) is 15.1. The number of carbonyl (C=O) groups is 1. The third-order valence-corrected chi connectivity index (χ3v) is 4.67. The van der Waals surface area contributed by atoms with Crippen molar-refractivity contribution in [3.63, 3.8) is 0 Å². The molecule has 1 atom stereocenters. The van der Waals surface area contributed by atoms with E-state index in [1.165, 1.54) is 29.7 Å². The summed E-state index contributed by atoms with van der Waals surface area (Å²) in [5, 5.41) is 9.99. The van der Waals surface area contributed by atoms with Gasteiger partial charge in [0.15, 0.2) is 17.4 Å². The first kappa shape index (κ1) is 19.1. The minimum Gasteiger partial charge on any atom is -0.491 e. The molecule has 0 saturated carbocycles. The summed E-state index contributed by atoms with van der Waals surface area (Å²) in [6, 6.07) is 6.50. The highest BCUT2D eigenvalue weighted by Crippen LogP contribution is 2.37. The largest absolute Gasteiger partial charge is 0.491 e. The maximum absolute atomic E-state index is 15.4. The fourth-order valence-corrected chi connectivity index (χ4v) is 3.38. The summed E-state index contributed by atoms with van der Waals surface area (Å²) in [6.07, 6.45) is -2.37. The smallest absolute Gasteiger partial charge is 0.307 e. The van der Waals surface area contributed by atoms with Crippen molar-refractivity contribution in [3.05, 3.63) is 63.8 Å². The molecule has 1 aromatic heterocycles. The fraction of sp³-hybridized carbons (Fsp3) is 0.211. The van der Waals surface area contributed by atoms with Gasteiger partial charge in [-0.3, -0.25) is 4.79 Å². The lowest BCUT2D eigenvalue weighted by Crippen LogP contribution is -2.11. The van der Waals surface area contributed by atoms with Gasteiger partial charge in [-0.1, -0.05) is 11.6 Å². The molecule has 0 saturated heterocycles. The van der Waals surface area contributed by atoms with Gasteiger partial charge in [-0.15, -0.1) is 0 Å². The lowest BCUT2D eigenvalue weighted by atomic mass is 10.1. The molecule has 0 spiro atoms. The van der Waals surface area contributed by atoms with E-state index in [2.05, 4.69) is 4.74 Å². The zero-order chi connectivity index (χ0) is 19.9. The van der Waals surface area contributed by atoms with Crippen molar-refractivity contribution in [2.45, 2.75) is 19.6 Å². The van der Waals surface area contributed by atoms with Crippen LogP contribution in [0.25, 0.3) is 10.9 Å². The van der Waals surface area contributed by atoms with Crippen LogP contribution in [0.1, 0.15) is 23.1 Å². The van der Waals surface area contributed by atoms with Gasteiger partial charge in [-0.25, -0.2) is 13.2 Å². The Morgan fingerprint density at radius 3 is 2.63 bits per heavy atom. The number of alkyl halides is 1. The molecule has 3 rings (SSSR count). The molecule has 0 aliphatic carbocycles. The molecule has 8 heteroatoms. The molecule has 0 fully saturated rings.